The van der Waals surface area contributed by atoms with Gasteiger partial charge in [-0.05, 0) is 44.0 Å². The number of aromatic nitrogens is 3. The molecule has 29 heavy (non-hydrogen) atoms. The molecule has 0 N–H and O–H groups in total. The summed E-state index contributed by atoms with van der Waals surface area (Å²) in [7, 11) is 0. The molecule has 5 heteroatoms. The van der Waals surface area contributed by atoms with E-state index >= 15 is 0 Å². The lowest BCUT2D eigenvalue weighted by Gasteiger charge is -2.32. The van der Waals surface area contributed by atoms with Crippen LogP contribution >= 0.6 is 0 Å². The second-order valence-corrected chi connectivity index (χ2v) is 7.85. The van der Waals surface area contributed by atoms with Gasteiger partial charge in [-0.2, -0.15) is 5.10 Å². The monoisotopic (exact) mass is 390 g/mol. The number of morpholine rings is 1. The Morgan fingerprint density at radius 3 is 2.72 bits per heavy atom. The standard InChI is InChI=1S/C24H30N4O/c1-4-28-16-21(19(3)26-28)15-27-12-13-29-24(17-27)23-11-7-10-22(25-23)14-20-9-6-5-8-18(20)2/h5-11,16,24H,4,12-15,17H2,1-3H3/t24-/m0/s1. The van der Waals surface area contributed by atoms with Gasteiger partial charge >= 0.3 is 0 Å². The van der Waals surface area contributed by atoms with Crippen molar-refractivity contribution in [3.8, 4) is 0 Å². The maximum Gasteiger partial charge on any atom is 0.112 e. The maximum absolute atomic E-state index is 6.09. The molecule has 5 nitrogen and oxygen atoms in total. The molecule has 1 atom stereocenters. The summed E-state index contributed by atoms with van der Waals surface area (Å²) in [4.78, 5) is 7.39. The molecule has 1 aromatic carbocycles. The van der Waals surface area contributed by atoms with Crippen LogP contribution < -0.4 is 0 Å². The first-order chi connectivity index (χ1) is 14.1. The molecule has 152 valence electrons. The fourth-order valence-corrected chi connectivity index (χ4v) is 3.92. The molecule has 0 saturated carbocycles. The minimum absolute atomic E-state index is 0.0158. The minimum Gasteiger partial charge on any atom is -0.369 e. The predicted octanol–water partition coefficient (Wildman–Crippen LogP) is 4.08. The average molecular weight is 391 g/mol. The number of rotatable bonds is 6. The summed E-state index contributed by atoms with van der Waals surface area (Å²) in [6.07, 6.45) is 3.04. The van der Waals surface area contributed by atoms with Gasteiger partial charge in [0.2, 0.25) is 0 Å². The van der Waals surface area contributed by atoms with E-state index in [1.807, 2.05) is 4.68 Å². The zero-order valence-corrected chi connectivity index (χ0v) is 17.6. The van der Waals surface area contributed by atoms with E-state index in [-0.39, 0.29) is 6.10 Å². The van der Waals surface area contributed by atoms with Crippen LogP contribution in [0, 0.1) is 13.8 Å². The Morgan fingerprint density at radius 2 is 1.93 bits per heavy atom. The summed E-state index contributed by atoms with van der Waals surface area (Å²) in [6.45, 7) is 10.7. The highest BCUT2D eigenvalue weighted by Crippen LogP contribution is 2.23. The molecule has 3 heterocycles. The second-order valence-electron chi connectivity index (χ2n) is 7.85. The quantitative estimate of drug-likeness (QED) is 0.636. The molecule has 0 spiro atoms. The Morgan fingerprint density at radius 1 is 1.07 bits per heavy atom. The smallest absolute Gasteiger partial charge is 0.112 e. The summed E-state index contributed by atoms with van der Waals surface area (Å²) in [5.74, 6) is 0. The van der Waals surface area contributed by atoms with Crippen LogP contribution in [0.2, 0.25) is 0 Å². The Balaban J connectivity index is 1.45. The minimum atomic E-state index is 0.0158. The lowest BCUT2D eigenvalue weighted by molar-refractivity contribution is -0.0351. The third kappa shape index (κ3) is 4.74. The molecule has 2 aromatic heterocycles. The summed E-state index contributed by atoms with van der Waals surface area (Å²) in [6, 6.07) is 14.8. The number of benzene rings is 1. The predicted molar refractivity (Wildman–Crippen MR) is 115 cm³/mol. The van der Waals surface area contributed by atoms with Gasteiger partial charge in [0, 0.05) is 50.1 Å². The number of ether oxygens (including phenoxy) is 1. The molecule has 0 radical (unpaired) electrons. The molecule has 1 aliphatic rings. The van der Waals surface area contributed by atoms with Crippen molar-refractivity contribution in [1.82, 2.24) is 19.7 Å². The van der Waals surface area contributed by atoms with Gasteiger partial charge in [0.1, 0.15) is 6.10 Å². The zero-order valence-electron chi connectivity index (χ0n) is 17.6. The van der Waals surface area contributed by atoms with Gasteiger partial charge < -0.3 is 4.74 Å². The lowest BCUT2D eigenvalue weighted by Crippen LogP contribution is -2.38. The highest BCUT2D eigenvalue weighted by atomic mass is 16.5. The highest BCUT2D eigenvalue weighted by Gasteiger charge is 2.24. The molecule has 0 aliphatic carbocycles. The van der Waals surface area contributed by atoms with Crippen LogP contribution in [0.4, 0.5) is 0 Å². The number of hydrogen-bond acceptors (Lipinski definition) is 4. The molecular weight excluding hydrogens is 360 g/mol. The SMILES string of the molecule is CCn1cc(CN2CCO[C@H](c3cccc(Cc4ccccc4C)n3)C2)c(C)n1. The van der Waals surface area contributed by atoms with E-state index in [1.54, 1.807) is 0 Å². The molecule has 1 aliphatic heterocycles. The Kier molecular flexibility index (Phi) is 6.07. The Hall–Kier alpha value is -2.50. The van der Waals surface area contributed by atoms with Crippen molar-refractivity contribution in [3.05, 3.63) is 82.4 Å². The summed E-state index contributed by atoms with van der Waals surface area (Å²) >= 11 is 0. The fraction of sp³-hybridized carbons (Fsp3) is 0.417. The van der Waals surface area contributed by atoms with Crippen molar-refractivity contribution in [3.63, 3.8) is 0 Å². The second kappa shape index (κ2) is 8.89. The van der Waals surface area contributed by atoms with Gasteiger partial charge in [-0.15, -0.1) is 0 Å². The topological polar surface area (TPSA) is 43.2 Å². The Labute approximate surface area is 173 Å². The average Bonchev–Trinajstić information content (AvgIpc) is 3.10. The van der Waals surface area contributed by atoms with Gasteiger partial charge in [0.25, 0.3) is 0 Å². The van der Waals surface area contributed by atoms with E-state index in [9.17, 15) is 0 Å². The van der Waals surface area contributed by atoms with Gasteiger partial charge in [0.15, 0.2) is 0 Å². The first kappa shape index (κ1) is 19.8. The van der Waals surface area contributed by atoms with E-state index in [2.05, 4.69) is 79.4 Å². The molecule has 4 rings (SSSR count). The van der Waals surface area contributed by atoms with Crippen LogP contribution in [0.5, 0.6) is 0 Å². The van der Waals surface area contributed by atoms with Gasteiger partial charge in [-0.1, -0.05) is 30.3 Å². The van der Waals surface area contributed by atoms with Gasteiger partial charge in [-0.3, -0.25) is 14.6 Å². The highest BCUT2D eigenvalue weighted by molar-refractivity contribution is 5.30. The third-order valence-electron chi connectivity index (χ3n) is 5.71. The number of hydrogen-bond donors (Lipinski definition) is 0. The first-order valence-electron chi connectivity index (χ1n) is 10.5. The maximum atomic E-state index is 6.09. The molecule has 0 unspecified atom stereocenters. The fourth-order valence-electron chi connectivity index (χ4n) is 3.92. The first-order valence-corrected chi connectivity index (χ1v) is 10.5. The van der Waals surface area contributed by atoms with Crippen LogP contribution in [0.25, 0.3) is 0 Å². The number of nitrogens with zero attached hydrogens (tertiary/aromatic N) is 4. The van der Waals surface area contributed by atoms with Crippen molar-refractivity contribution in [1.29, 1.82) is 0 Å². The van der Waals surface area contributed by atoms with Crippen LogP contribution in [0.1, 0.15) is 46.8 Å². The van der Waals surface area contributed by atoms with Crippen LogP contribution in [0.15, 0.2) is 48.7 Å². The summed E-state index contributed by atoms with van der Waals surface area (Å²) < 4.78 is 8.11. The molecular formula is C24H30N4O. The number of aryl methyl sites for hydroxylation is 3. The van der Waals surface area contributed by atoms with E-state index in [0.717, 1.165) is 56.3 Å². The normalized spacial score (nSPS) is 17.6. The largest absolute Gasteiger partial charge is 0.369 e. The van der Waals surface area contributed by atoms with Crippen molar-refractivity contribution in [2.45, 2.75) is 46.4 Å². The van der Waals surface area contributed by atoms with E-state index in [1.165, 1.54) is 16.7 Å². The molecule has 3 aromatic rings. The molecule has 1 saturated heterocycles. The van der Waals surface area contributed by atoms with E-state index in [0.29, 0.717) is 0 Å². The van der Waals surface area contributed by atoms with E-state index in [4.69, 9.17) is 9.72 Å². The van der Waals surface area contributed by atoms with Crippen molar-refractivity contribution in [2.75, 3.05) is 19.7 Å². The van der Waals surface area contributed by atoms with Gasteiger partial charge in [0.05, 0.1) is 18.0 Å². The Bertz CT molecular complexity index is 965. The number of pyridine rings is 1. The summed E-state index contributed by atoms with van der Waals surface area (Å²) in [5.41, 5.74) is 7.18. The summed E-state index contributed by atoms with van der Waals surface area (Å²) in [5, 5.41) is 4.58. The van der Waals surface area contributed by atoms with Crippen LogP contribution in [-0.4, -0.2) is 39.4 Å². The van der Waals surface area contributed by atoms with E-state index < -0.39 is 0 Å². The van der Waals surface area contributed by atoms with Crippen molar-refractivity contribution < 1.29 is 4.74 Å². The van der Waals surface area contributed by atoms with Crippen LogP contribution in [-0.2, 0) is 24.2 Å². The molecule has 0 amide bonds. The molecule has 0 bridgehead atoms. The van der Waals surface area contributed by atoms with Crippen molar-refractivity contribution in [2.24, 2.45) is 0 Å². The zero-order chi connectivity index (χ0) is 20.2. The molecule has 1 fully saturated rings. The van der Waals surface area contributed by atoms with Crippen LogP contribution in [0.3, 0.4) is 0 Å². The van der Waals surface area contributed by atoms with Crippen molar-refractivity contribution >= 4 is 0 Å². The van der Waals surface area contributed by atoms with Gasteiger partial charge in [-0.25, -0.2) is 0 Å². The lowest BCUT2D eigenvalue weighted by atomic mass is 10.0. The third-order valence-corrected chi connectivity index (χ3v) is 5.71.